The minimum absolute atomic E-state index is 0.144. The number of hydrogen-bond acceptors (Lipinski definition) is 3. The van der Waals surface area contributed by atoms with Crippen LogP contribution in [-0.2, 0) is 16.0 Å². The molecular weight excluding hydrogens is 294 g/mol. The molecule has 2 rings (SSSR count). The molecule has 1 amide bonds. The average molecular weight is 319 g/mol. The summed E-state index contributed by atoms with van der Waals surface area (Å²) in [6, 6.07) is 7.30. The summed E-state index contributed by atoms with van der Waals surface area (Å²) in [6.45, 7) is 2.38. The Labute approximate surface area is 137 Å². The summed E-state index contributed by atoms with van der Waals surface area (Å²) in [5, 5.41) is 11.6. The van der Waals surface area contributed by atoms with E-state index in [1.165, 1.54) is 0 Å². The fourth-order valence-electron chi connectivity index (χ4n) is 3.20. The van der Waals surface area contributed by atoms with E-state index in [9.17, 15) is 9.59 Å². The van der Waals surface area contributed by atoms with Crippen molar-refractivity contribution in [2.75, 3.05) is 13.2 Å². The Kier molecular flexibility index (Phi) is 6.02. The monoisotopic (exact) mass is 319 g/mol. The summed E-state index contributed by atoms with van der Waals surface area (Å²) in [5.74, 6) is -0.261. The first-order valence-corrected chi connectivity index (χ1v) is 8.27. The van der Waals surface area contributed by atoms with Crippen LogP contribution in [0.5, 0.6) is 5.75 Å². The van der Waals surface area contributed by atoms with Crippen LogP contribution >= 0.6 is 0 Å². The van der Waals surface area contributed by atoms with Gasteiger partial charge in [-0.05, 0) is 43.4 Å². The van der Waals surface area contributed by atoms with Gasteiger partial charge in [-0.25, -0.2) is 4.79 Å². The molecule has 1 aliphatic carbocycles. The minimum Gasteiger partial charge on any atom is -0.482 e. The molecule has 0 heterocycles. The van der Waals surface area contributed by atoms with Crippen molar-refractivity contribution >= 4 is 11.9 Å². The molecule has 0 aliphatic heterocycles. The van der Waals surface area contributed by atoms with Gasteiger partial charge in [0.05, 0.1) is 0 Å². The number of benzene rings is 1. The van der Waals surface area contributed by atoms with E-state index in [1.807, 2.05) is 12.1 Å². The van der Waals surface area contributed by atoms with Crippen LogP contribution in [0.25, 0.3) is 0 Å². The van der Waals surface area contributed by atoms with Gasteiger partial charge in [-0.15, -0.1) is 0 Å². The molecule has 1 aromatic rings. The molecule has 1 saturated carbocycles. The highest BCUT2D eigenvalue weighted by atomic mass is 16.5. The van der Waals surface area contributed by atoms with Gasteiger partial charge in [0, 0.05) is 12.0 Å². The number of carbonyl (C=O) groups is 2. The molecule has 1 aliphatic rings. The normalized spacial score (nSPS) is 16.0. The van der Waals surface area contributed by atoms with Gasteiger partial charge in [-0.1, -0.05) is 31.9 Å². The Balaban J connectivity index is 1.77. The van der Waals surface area contributed by atoms with E-state index in [0.717, 1.165) is 44.1 Å². The largest absolute Gasteiger partial charge is 0.482 e. The highest BCUT2D eigenvalue weighted by molar-refractivity contribution is 5.82. The number of rotatable bonds is 8. The van der Waals surface area contributed by atoms with Gasteiger partial charge < -0.3 is 15.2 Å². The maximum atomic E-state index is 12.4. The van der Waals surface area contributed by atoms with Gasteiger partial charge in [0.1, 0.15) is 5.75 Å². The lowest BCUT2D eigenvalue weighted by atomic mass is 9.82. The summed E-state index contributed by atoms with van der Waals surface area (Å²) in [6.07, 6.45) is 5.98. The Morgan fingerprint density at radius 3 is 2.43 bits per heavy atom. The molecule has 0 radical (unpaired) electrons. The van der Waals surface area contributed by atoms with Crippen molar-refractivity contribution in [2.24, 2.45) is 5.41 Å². The van der Waals surface area contributed by atoms with Crippen LogP contribution in [0.1, 0.15) is 44.6 Å². The van der Waals surface area contributed by atoms with Crippen LogP contribution in [0.2, 0.25) is 0 Å². The molecule has 23 heavy (non-hydrogen) atoms. The van der Waals surface area contributed by atoms with Crippen molar-refractivity contribution in [3.05, 3.63) is 29.8 Å². The smallest absolute Gasteiger partial charge is 0.341 e. The number of carboxylic acids is 1. The number of aliphatic carboxylic acids is 1. The minimum atomic E-state index is -0.992. The summed E-state index contributed by atoms with van der Waals surface area (Å²) in [4.78, 5) is 22.8. The molecule has 0 unspecified atom stereocenters. The quantitative estimate of drug-likeness (QED) is 0.772. The van der Waals surface area contributed by atoms with Gasteiger partial charge in [0.25, 0.3) is 0 Å². The molecule has 5 heteroatoms. The number of nitrogens with one attached hydrogen (secondary N) is 1. The zero-order valence-electron chi connectivity index (χ0n) is 13.6. The third kappa shape index (κ3) is 4.71. The molecule has 126 valence electrons. The third-order valence-electron chi connectivity index (χ3n) is 4.70. The van der Waals surface area contributed by atoms with E-state index in [4.69, 9.17) is 9.84 Å². The van der Waals surface area contributed by atoms with Crippen LogP contribution in [0, 0.1) is 5.41 Å². The first kappa shape index (κ1) is 17.3. The molecule has 0 aromatic heterocycles. The van der Waals surface area contributed by atoms with Gasteiger partial charge >= 0.3 is 5.97 Å². The first-order valence-electron chi connectivity index (χ1n) is 8.27. The fraction of sp³-hybridized carbons (Fsp3) is 0.556. The first-order chi connectivity index (χ1) is 11.1. The molecule has 5 nitrogen and oxygen atoms in total. The maximum absolute atomic E-state index is 12.4. The van der Waals surface area contributed by atoms with E-state index in [1.54, 1.807) is 12.1 Å². The predicted molar refractivity (Wildman–Crippen MR) is 87.5 cm³/mol. The van der Waals surface area contributed by atoms with Gasteiger partial charge in [-0.2, -0.15) is 0 Å². The Hall–Kier alpha value is -2.04. The predicted octanol–water partition coefficient (Wildman–Crippen LogP) is 2.78. The Morgan fingerprint density at radius 1 is 1.22 bits per heavy atom. The molecule has 0 atom stereocenters. The lowest BCUT2D eigenvalue weighted by Gasteiger charge is -2.26. The van der Waals surface area contributed by atoms with Crippen LogP contribution in [0.4, 0.5) is 0 Å². The van der Waals surface area contributed by atoms with E-state index in [2.05, 4.69) is 12.2 Å². The summed E-state index contributed by atoms with van der Waals surface area (Å²) >= 11 is 0. The molecule has 0 spiro atoms. The topological polar surface area (TPSA) is 75.6 Å². The maximum Gasteiger partial charge on any atom is 0.341 e. The second-order valence-corrected chi connectivity index (χ2v) is 6.17. The molecule has 1 fully saturated rings. The Bertz CT molecular complexity index is 532. The fourth-order valence-corrected chi connectivity index (χ4v) is 3.20. The highest BCUT2D eigenvalue weighted by Gasteiger charge is 2.38. The van der Waals surface area contributed by atoms with E-state index < -0.39 is 5.97 Å². The van der Waals surface area contributed by atoms with Crippen LogP contribution in [0.3, 0.4) is 0 Å². The molecule has 0 bridgehead atoms. The van der Waals surface area contributed by atoms with Crippen LogP contribution in [-0.4, -0.2) is 30.1 Å². The second-order valence-electron chi connectivity index (χ2n) is 6.17. The van der Waals surface area contributed by atoms with Gasteiger partial charge in [0.15, 0.2) is 6.61 Å². The highest BCUT2D eigenvalue weighted by Crippen LogP contribution is 2.41. The summed E-state index contributed by atoms with van der Waals surface area (Å²) in [5.41, 5.74) is 0.944. The number of hydrogen-bond donors (Lipinski definition) is 2. The SMILES string of the molecule is CCC1(C(=O)NCCc2ccc(OCC(=O)O)cc2)CCCC1. The van der Waals surface area contributed by atoms with Crippen molar-refractivity contribution in [3.8, 4) is 5.75 Å². The molecule has 2 N–H and O–H groups in total. The van der Waals surface area contributed by atoms with Crippen LogP contribution < -0.4 is 10.1 Å². The van der Waals surface area contributed by atoms with E-state index in [-0.39, 0.29) is 17.9 Å². The van der Waals surface area contributed by atoms with E-state index in [0.29, 0.717) is 12.3 Å². The molecule has 0 saturated heterocycles. The summed E-state index contributed by atoms with van der Waals surface area (Å²) < 4.78 is 5.09. The lowest BCUT2D eigenvalue weighted by Crippen LogP contribution is -2.39. The van der Waals surface area contributed by atoms with Crippen molar-refractivity contribution < 1.29 is 19.4 Å². The van der Waals surface area contributed by atoms with Crippen molar-refractivity contribution in [3.63, 3.8) is 0 Å². The summed E-state index contributed by atoms with van der Waals surface area (Å²) in [7, 11) is 0. The molecule has 1 aromatic carbocycles. The van der Waals surface area contributed by atoms with Crippen molar-refractivity contribution in [2.45, 2.75) is 45.4 Å². The lowest BCUT2D eigenvalue weighted by molar-refractivity contribution is -0.139. The number of ether oxygens (including phenoxy) is 1. The van der Waals surface area contributed by atoms with Crippen LogP contribution in [0.15, 0.2) is 24.3 Å². The number of carboxylic acid groups (broad SMARTS) is 1. The van der Waals surface area contributed by atoms with Crippen molar-refractivity contribution in [1.82, 2.24) is 5.32 Å². The van der Waals surface area contributed by atoms with E-state index >= 15 is 0 Å². The second kappa shape index (κ2) is 7.99. The number of carbonyl (C=O) groups excluding carboxylic acids is 1. The van der Waals surface area contributed by atoms with Crippen molar-refractivity contribution in [1.29, 1.82) is 0 Å². The zero-order chi connectivity index (χ0) is 16.7. The number of amides is 1. The molecular formula is C18H25NO4. The zero-order valence-corrected chi connectivity index (χ0v) is 13.6. The van der Waals surface area contributed by atoms with Gasteiger partial charge in [-0.3, -0.25) is 4.79 Å². The third-order valence-corrected chi connectivity index (χ3v) is 4.70. The Morgan fingerprint density at radius 2 is 1.87 bits per heavy atom. The van der Waals surface area contributed by atoms with Gasteiger partial charge in [0.2, 0.25) is 5.91 Å². The average Bonchev–Trinajstić information content (AvgIpc) is 3.04. The standard InChI is InChI=1S/C18H25NO4/c1-2-18(10-3-4-11-18)17(22)19-12-9-14-5-7-15(8-6-14)23-13-16(20)21/h5-8H,2-4,9-13H2,1H3,(H,19,22)(H,20,21).